The van der Waals surface area contributed by atoms with Gasteiger partial charge in [-0.2, -0.15) is 0 Å². The Kier molecular flexibility index (Phi) is 3.18. The van der Waals surface area contributed by atoms with Gasteiger partial charge in [0.05, 0.1) is 0 Å². The van der Waals surface area contributed by atoms with Crippen molar-refractivity contribution in [2.75, 3.05) is 0 Å². The fraction of sp³-hybridized carbons (Fsp3) is 0.500. The van der Waals surface area contributed by atoms with E-state index in [4.69, 9.17) is 0 Å². The van der Waals surface area contributed by atoms with Gasteiger partial charge >= 0.3 is 0 Å². The molecule has 0 aliphatic carbocycles. The van der Waals surface area contributed by atoms with E-state index in [0.29, 0.717) is 0 Å². The van der Waals surface area contributed by atoms with Crippen LogP contribution in [0.25, 0.3) is 0 Å². The quantitative estimate of drug-likeness (QED) is 0.647. The van der Waals surface area contributed by atoms with Crippen LogP contribution in [-0.2, 0) is 10.7 Å². The second kappa shape index (κ2) is 3.83. The second-order valence-electron chi connectivity index (χ2n) is 4.52. The minimum Gasteiger partial charge on any atom is -0.0876 e. The Hall–Kier alpha value is -0.300. The summed E-state index contributed by atoms with van der Waals surface area (Å²) in [5.74, 6) is 0. The second-order valence-corrected chi connectivity index (χ2v) is 5.09. The molecule has 0 nitrogen and oxygen atoms in total. The maximum atomic E-state index is 3.48. The predicted octanol–water partition coefficient (Wildman–Crippen LogP) is 4.19. The van der Waals surface area contributed by atoms with Crippen LogP contribution in [0.15, 0.2) is 18.2 Å². The maximum absolute atomic E-state index is 3.48. The molecule has 0 aromatic heterocycles. The first-order valence-corrected chi connectivity index (χ1v) is 5.73. The molecule has 0 unspecified atom stereocenters. The van der Waals surface area contributed by atoms with Crippen LogP contribution in [0.2, 0.25) is 0 Å². The summed E-state index contributed by atoms with van der Waals surface area (Å²) in [6.45, 7) is 8.91. The van der Waals surface area contributed by atoms with E-state index >= 15 is 0 Å². The third-order valence-electron chi connectivity index (χ3n) is 2.35. The molecule has 0 amide bonds. The lowest BCUT2D eigenvalue weighted by Gasteiger charge is -2.20. The molecule has 0 aliphatic rings. The highest BCUT2D eigenvalue weighted by Crippen LogP contribution is 2.24. The molecule has 0 saturated carbocycles. The van der Waals surface area contributed by atoms with Gasteiger partial charge in [-0.25, -0.2) is 0 Å². The molecule has 0 heterocycles. The summed E-state index contributed by atoms with van der Waals surface area (Å²) in [6.07, 6.45) is 0. The molecule has 0 aliphatic heterocycles. The Labute approximate surface area is 89.5 Å². The van der Waals surface area contributed by atoms with Gasteiger partial charge in [0, 0.05) is 5.33 Å². The largest absolute Gasteiger partial charge is 0.0876 e. The topological polar surface area (TPSA) is 0 Å². The van der Waals surface area contributed by atoms with Gasteiger partial charge in [0.1, 0.15) is 0 Å². The first-order valence-electron chi connectivity index (χ1n) is 4.61. The smallest absolute Gasteiger partial charge is 0.0285 e. The van der Waals surface area contributed by atoms with Gasteiger partial charge in [0.15, 0.2) is 0 Å². The van der Waals surface area contributed by atoms with E-state index in [9.17, 15) is 0 Å². The van der Waals surface area contributed by atoms with Gasteiger partial charge in [-0.15, -0.1) is 0 Å². The van der Waals surface area contributed by atoms with Crippen molar-refractivity contribution in [3.05, 3.63) is 34.9 Å². The Morgan fingerprint density at radius 2 is 1.85 bits per heavy atom. The molecule has 0 bridgehead atoms. The molecule has 1 aromatic rings. The number of rotatable bonds is 1. The average Bonchev–Trinajstić information content (AvgIpc) is 2.02. The van der Waals surface area contributed by atoms with Crippen molar-refractivity contribution >= 4 is 15.9 Å². The van der Waals surface area contributed by atoms with Crippen LogP contribution in [0.1, 0.15) is 37.5 Å². The van der Waals surface area contributed by atoms with E-state index in [0.717, 1.165) is 5.33 Å². The number of hydrogen-bond donors (Lipinski definition) is 0. The highest BCUT2D eigenvalue weighted by atomic mass is 79.9. The van der Waals surface area contributed by atoms with E-state index in [2.05, 4.69) is 61.8 Å². The average molecular weight is 241 g/mol. The first kappa shape index (κ1) is 10.8. The fourth-order valence-corrected chi connectivity index (χ4v) is 1.94. The molecule has 0 spiro atoms. The van der Waals surface area contributed by atoms with Gasteiger partial charge < -0.3 is 0 Å². The summed E-state index contributed by atoms with van der Waals surface area (Å²) in [7, 11) is 0. The van der Waals surface area contributed by atoms with Crippen LogP contribution in [0, 0.1) is 6.92 Å². The molecule has 0 radical (unpaired) electrons. The third-order valence-corrected chi connectivity index (χ3v) is 2.96. The standard InChI is InChI=1S/C12H17Br/c1-9-7-11(12(2,3)4)6-5-10(9)8-13/h5-7H,8H2,1-4H3. The summed E-state index contributed by atoms with van der Waals surface area (Å²) in [6, 6.07) is 6.73. The molecule has 0 saturated heterocycles. The zero-order chi connectivity index (χ0) is 10.1. The van der Waals surface area contributed by atoms with Crippen LogP contribution in [0.5, 0.6) is 0 Å². The molecule has 0 atom stereocenters. The molecular formula is C12H17Br. The maximum Gasteiger partial charge on any atom is 0.0285 e. The Morgan fingerprint density at radius 3 is 2.23 bits per heavy atom. The van der Waals surface area contributed by atoms with Crippen molar-refractivity contribution in [3.63, 3.8) is 0 Å². The van der Waals surface area contributed by atoms with Crippen molar-refractivity contribution < 1.29 is 0 Å². The van der Waals surface area contributed by atoms with Gasteiger partial charge in [-0.1, -0.05) is 54.9 Å². The molecule has 13 heavy (non-hydrogen) atoms. The van der Waals surface area contributed by atoms with Crippen LogP contribution in [0.4, 0.5) is 0 Å². The molecule has 0 fully saturated rings. The monoisotopic (exact) mass is 240 g/mol. The van der Waals surface area contributed by atoms with Crippen LogP contribution < -0.4 is 0 Å². The Morgan fingerprint density at radius 1 is 1.23 bits per heavy atom. The molecule has 1 heteroatoms. The highest BCUT2D eigenvalue weighted by molar-refractivity contribution is 9.08. The lowest BCUT2D eigenvalue weighted by atomic mass is 9.85. The van der Waals surface area contributed by atoms with E-state index in [1.165, 1.54) is 16.7 Å². The van der Waals surface area contributed by atoms with Crippen LogP contribution in [-0.4, -0.2) is 0 Å². The number of aryl methyl sites for hydroxylation is 1. The van der Waals surface area contributed by atoms with Gasteiger partial charge in [0.2, 0.25) is 0 Å². The number of benzene rings is 1. The fourth-order valence-electron chi connectivity index (χ4n) is 1.31. The molecule has 72 valence electrons. The SMILES string of the molecule is Cc1cc(C(C)(C)C)ccc1CBr. The minimum atomic E-state index is 0.260. The van der Waals surface area contributed by atoms with E-state index in [-0.39, 0.29) is 5.41 Å². The number of hydrogen-bond acceptors (Lipinski definition) is 0. The summed E-state index contributed by atoms with van der Waals surface area (Å²) >= 11 is 3.48. The van der Waals surface area contributed by atoms with Crippen LogP contribution in [0.3, 0.4) is 0 Å². The molecule has 1 aromatic carbocycles. The van der Waals surface area contributed by atoms with Gasteiger partial charge in [-0.3, -0.25) is 0 Å². The summed E-state index contributed by atoms with van der Waals surface area (Å²) < 4.78 is 0. The lowest BCUT2D eigenvalue weighted by molar-refractivity contribution is 0.589. The first-order chi connectivity index (χ1) is 5.95. The van der Waals surface area contributed by atoms with Crippen LogP contribution >= 0.6 is 15.9 Å². The molecule has 0 N–H and O–H groups in total. The molecular weight excluding hydrogens is 224 g/mol. The van der Waals surface area contributed by atoms with E-state index in [1.54, 1.807) is 0 Å². The number of alkyl halides is 1. The lowest BCUT2D eigenvalue weighted by Crippen LogP contribution is -2.11. The normalized spacial score (nSPS) is 11.8. The molecule has 1 rings (SSSR count). The van der Waals surface area contributed by atoms with Crippen molar-refractivity contribution in [2.45, 2.75) is 38.4 Å². The predicted molar refractivity (Wildman–Crippen MR) is 62.5 cm³/mol. The van der Waals surface area contributed by atoms with Crippen molar-refractivity contribution in [2.24, 2.45) is 0 Å². The minimum absolute atomic E-state index is 0.260. The highest BCUT2D eigenvalue weighted by Gasteiger charge is 2.13. The summed E-state index contributed by atoms with van der Waals surface area (Å²) in [5.41, 5.74) is 4.43. The Bertz CT molecular complexity index is 294. The third kappa shape index (κ3) is 2.57. The van der Waals surface area contributed by atoms with Crippen molar-refractivity contribution in [1.29, 1.82) is 0 Å². The van der Waals surface area contributed by atoms with Gasteiger partial charge in [0.25, 0.3) is 0 Å². The summed E-state index contributed by atoms with van der Waals surface area (Å²) in [4.78, 5) is 0. The van der Waals surface area contributed by atoms with Gasteiger partial charge in [-0.05, 0) is 29.0 Å². The van der Waals surface area contributed by atoms with Crippen molar-refractivity contribution in [3.8, 4) is 0 Å². The van der Waals surface area contributed by atoms with E-state index < -0.39 is 0 Å². The number of halogens is 1. The summed E-state index contributed by atoms with van der Waals surface area (Å²) in [5, 5.41) is 0.948. The Balaban J connectivity index is 3.10. The van der Waals surface area contributed by atoms with E-state index in [1.807, 2.05) is 0 Å². The zero-order valence-electron chi connectivity index (χ0n) is 8.82. The van der Waals surface area contributed by atoms with Crippen molar-refractivity contribution in [1.82, 2.24) is 0 Å². The zero-order valence-corrected chi connectivity index (χ0v) is 10.4.